The van der Waals surface area contributed by atoms with E-state index >= 15 is 0 Å². The molecule has 1 rings (SSSR count). The summed E-state index contributed by atoms with van der Waals surface area (Å²) in [5, 5.41) is 3.32. The molecule has 0 saturated carbocycles. The van der Waals surface area contributed by atoms with Crippen LogP contribution >= 0.6 is 12.2 Å². The van der Waals surface area contributed by atoms with Crippen LogP contribution < -0.4 is 16.2 Å². The van der Waals surface area contributed by atoms with E-state index in [9.17, 15) is 8.78 Å². The Morgan fingerprint density at radius 2 is 2.12 bits per heavy atom. The van der Waals surface area contributed by atoms with Crippen molar-refractivity contribution in [2.45, 2.75) is 19.8 Å². The monoisotopic (exact) mass is 259 g/mol. The second-order valence-electron chi connectivity index (χ2n) is 3.48. The largest absolute Gasteiger partial charge is 0.361 e. The molecule has 0 aliphatic heterocycles. The van der Waals surface area contributed by atoms with Crippen LogP contribution in [0.25, 0.3) is 0 Å². The molecule has 17 heavy (non-hydrogen) atoms. The maximum atomic E-state index is 13.2. The van der Waals surface area contributed by atoms with Gasteiger partial charge in [0.05, 0.1) is 5.69 Å². The molecule has 1 aromatic carbocycles. The first-order valence-corrected chi connectivity index (χ1v) is 5.79. The van der Waals surface area contributed by atoms with Crippen molar-refractivity contribution in [3.63, 3.8) is 0 Å². The highest BCUT2D eigenvalue weighted by Crippen LogP contribution is 2.13. The molecule has 0 aromatic heterocycles. The number of hydrogen-bond donors (Lipinski definition) is 3. The molecule has 1 aromatic rings. The molecule has 0 spiro atoms. The Kier molecular flexibility index (Phi) is 5.62. The summed E-state index contributed by atoms with van der Waals surface area (Å²) in [5.74, 6) is -1.29. The number of nitrogens with one attached hydrogen (secondary N) is 3. The van der Waals surface area contributed by atoms with E-state index in [1.807, 2.05) is 0 Å². The highest BCUT2D eigenvalue weighted by molar-refractivity contribution is 7.80. The molecule has 0 aliphatic carbocycles. The molecule has 0 heterocycles. The van der Waals surface area contributed by atoms with Crippen molar-refractivity contribution in [2.75, 3.05) is 12.0 Å². The zero-order valence-corrected chi connectivity index (χ0v) is 10.3. The van der Waals surface area contributed by atoms with Crippen LogP contribution in [0.15, 0.2) is 18.2 Å². The Morgan fingerprint density at radius 3 is 2.76 bits per heavy atom. The topological polar surface area (TPSA) is 36.1 Å². The first kappa shape index (κ1) is 13.6. The first-order chi connectivity index (χ1) is 8.13. The zero-order valence-electron chi connectivity index (χ0n) is 9.52. The van der Waals surface area contributed by atoms with Gasteiger partial charge in [0.1, 0.15) is 5.82 Å². The van der Waals surface area contributed by atoms with Crippen molar-refractivity contribution < 1.29 is 8.78 Å². The van der Waals surface area contributed by atoms with Gasteiger partial charge in [0.2, 0.25) is 0 Å². The Bertz CT molecular complexity index is 385. The van der Waals surface area contributed by atoms with Crippen LogP contribution in [0.4, 0.5) is 14.5 Å². The zero-order chi connectivity index (χ0) is 12.7. The molecule has 0 radical (unpaired) electrons. The van der Waals surface area contributed by atoms with Crippen molar-refractivity contribution in [3.05, 3.63) is 29.8 Å². The summed E-state index contributed by atoms with van der Waals surface area (Å²) in [7, 11) is 0. The Morgan fingerprint density at radius 1 is 1.35 bits per heavy atom. The number of hydrazine groups is 1. The maximum absolute atomic E-state index is 13.2. The minimum absolute atomic E-state index is 0.144. The molecular formula is C11H15F2N3S. The van der Waals surface area contributed by atoms with Crippen LogP contribution in [0.3, 0.4) is 0 Å². The Labute approximate surface area is 105 Å². The maximum Gasteiger partial charge on any atom is 0.185 e. The van der Waals surface area contributed by atoms with Crippen LogP contribution in [0.2, 0.25) is 0 Å². The molecule has 0 aliphatic rings. The van der Waals surface area contributed by atoms with Gasteiger partial charge in [-0.2, -0.15) is 0 Å². The summed E-state index contributed by atoms with van der Waals surface area (Å²) in [5.41, 5.74) is 5.34. The lowest BCUT2D eigenvalue weighted by atomic mass is 10.3. The molecule has 6 heteroatoms. The van der Waals surface area contributed by atoms with Gasteiger partial charge in [-0.05, 0) is 30.8 Å². The third kappa shape index (κ3) is 4.95. The van der Waals surface area contributed by atoms with Crippen molar-refractivity contribution in [1.29, 1.82) is 0 Å². The standard InChI is InChI=1S/C11H15F2N3S/c1-2-3-6-14-11(17)16-15-10-5-4-8(12)7-9(10)13/h4-5,7,15H,2-3,6H2,1H3,(H2,14,16,17). The predicted molar refractivity (Wildman–Crippen MR) is 68.6 cm³/mol. The number of rotatable bonds is 5. The Balaban J connectivity index is 2.37. The normalized spacial score (nSPS) is 9.82. The summed E-state index contributed by atoms with van der Waals surface area (Å²) in [6.45, 7) is 2.83. The second kappa shape index (κ2) is 7.01. The first-order valence-electron chi connectivity index (χ1n) is 5.38. The van der Waals surface area contributed by atoms with Gasteiger partial charge in [-0.1, -0.05) is 13.3 Å². The lowest BCUT2D eigenvalue weighted by Gasteiger charge is -2.12. The fraction of sp³-hybridized carbons (Fsp3) is 0.364. The van der Waals surface area contributed by atoms with Gasteiger partial charge >= 0.3 is 0 Å². The van der Waals surface area contributed by atoms with Crippen LogP contribution in [0.5, 0.6) is 0 Å². The number of unbranched alkanes of at least 4 members (excludes halogenated alkanes) is 1. The van der Waals surface area contributed by atoms with E-state index in [1.54, 1.807) is 0 Å². The van der Waals surface area contributed by atoms with E-state index in [0.717, 1.165) is 25.5 Å². The van der Waals surface area contributed by atoms with Gasteiger partial charge in [0.25, 0.3) is 0 Å². The van der Waals surface area contributed by atoms with E-state index in [0.29, 0.717) is 5.11 Å². The summed E-state index contributed by atoms with van der Waals surface area (Å²) in [4.78, 5) is 0. The number of benzene rings is 1. The van der Waals surface area contributed by atoms with Gasteiger partial charge < -0.3 is 5.32 Å². The summed E-state index contributed by atoms with van der Waals surface area (Å²) < 4.78 is 25.8. The fourth-order valence-electron chi connectivity index (χ4n) is 1.14. The molecule has 0 saturated heterocycles. The summed E-state index contributed by atoms with van der Waals surface area (Å²) in [6.07, 6.45) is 2.07. The lowest BCUT2D eigenvalue weighted by molar-refractivity contribution is 0.584. The van der Waals surface area contributed by atoms with E-state index < -0.39 is 11.6 Å². The fourth-order valence-corrected chi connectivity index (χ4v) is 1.29. The average Bonchev–Trinajstić information content (AvgIpc) is 2.28. The van der Waals surface area contributed by atoms with E-state index in [-0.39, 0.29) is 5.69 Å². The molecule has 0 atom stereocenters. The molecule has 0 fully saturated rings. The van der Waals surface area contributed by atoms with Crippen molar-refractivity contribution in [3.8, 4) is 0 Å². The van der Waals surface area contributed by atoms with Crippen molar-refractivity contribution in [2.24, 2.45) is 0 Å². The Hall–Kier alpha value is -1.43. The predicted octanol–water partition coefficient (Wildman–Crippen LogP) is 2.56. The van der Waals surface area contributed by atoms with Gasteiger partial charge in [-0.25, -0.2) is 8.78 Å². The number of anilines is 1. The van der Waals surface area contributed by atoms with Gasteiger partial charge in [0.15, 0.2) is 10.9 Å². The van der Waals surface area contributed by atoms with Crippen molar-refractivity contribution >= 4 is 23.0 Å². The third-order valence-corrected chi connectivity index (χ3v) is 2.30. The molecular weight excluding hydrogens is 244 g/mol. The molecule has 0 unspecified atom stereocenters. The second-order valence-corrected chi connectivity index (χ2v) is 3.89. The molecule has 3 N–H and O–H groups in total. The van der Waals surface area contributed by atoms with Gasteiger partial charge in [-0.3, -0.25) is 10.9 Å². The number of halogens is 2. The molecule has 0 amide bonds. The minimum atomic E-state index is -0.672. The van der Waals surface area contributed by atoms with E-state index in [2.05, 4.69) is 23.1 Å². The molecule has 3 nitrogen and oxygen atoms in total. The van der Waals surface area contributed by atoms with Crippen LogP contribution in [0.1, 0.15) is 19.8 Å². The highest BCUT2D eigenvalue weighted by atomic mass is 32.1. The lowest BCUT2D eigenvalue weighted by Crippen LogP contribution is -2.39. The molecule has 0 bridgehead atoms. The van der Waals surface area contributed by atoms with Crippen LogP contribution in [0, 0.1) is 11.6 Å². The summed E-state index contributed by atoms with van der Waals surface area (Å²) >= 11 is 4.95. The average molecular weight is 259 g/mol. The summed E-state index contributed by atoms with van der Waals surface area (Å²) in [6, 6.07) is 3.27. The van der Waals surface area contributed by atoms with Crippen LogP contribution in [-0.4, -0.2) is 11.7 Å². The third-order valence-electron chi connectivity index (χ3n) is 2.06. The quantitative estimate of drug-likeness (QED) is 0.431. The highest BCUT2D eigenvalue weighted by Gasteiger charge is 2.03. The minimum Gasteiger partial charge on any atom is -0.361 e. The van der Waals surface area contributed by atoms with Gasteiger partial charge in [-0.15, -0.1) is 0 Å². The van der Waals surface area contributed by atoms with Gasteiger partial charge in [0, 0.05) is 12.6 Å². The SMILES string of the molecule is CCCCNC(=S)NNc1ccc(F)cc1F. The van der Waals surface area contributed by atoms with Crippen molar-refractivity contribution in [1.82, 2.24) is 10.7 Å². The smallest absolute Gasteiger partial charge is 0.185 e. The van der Waals surface area contributed by atoms with E-state index in [4.69, 9.17) is 12.2 Å². The molecule has 94 valence electrons. The van der Waals surface area contributed by atoms with Crippen LogP contribution in [-0.2, 0) is 0 Å². The van der Waals surface area contributed by atoms with E-state index in [1.165, 1.54) is 12.1 Å². The number of hydrogen-bond acceptors (Lipinski definition) is 2. The number of thiocarbonyl (C=S) groups is 1.